The van der Waals surface area contributed by atoms with Gasteiger partial charge in [-0.25, -0.2) is 0 Å². The van der Waals surface area contributed by atoms with Crippen molar-refractivity contribution in [2.45, 2.75) is 68.1 Å². The molecule has 0 unspecified atom stereocenters. The molecule has 128 valence electrons. The van der Waals surface area contributed by atoms with Gasteiger partial charge in [-0.15, -0.1) is 0 Å². The van der Waals surface area contributed by atoms with E-state index in [1.54, 1.807) is 9.96 Å². The Balaban J connectivity index is 2.13. The van der Waals surface area contributed by atoms with E-state index in [1.165, 1.54) is 52.7 Å². The number of pyridine rings is 1. The summed E-state index contributed by atoms with van der Waals surface area (Å²) >= 11 is -2.01. The van der Waals surface area contributed by atoms with Crippen LogP contribution in [0.2, 0.25) is 15.8 Å². The Morgan fingerprint density at radius 2 is 1.58 bits per heavy atom. The van der Waals surface area contributed by atoms with Crippen LogP contribution in [0.15, 0.2) is 42.6 Å². The number of aromatic nitrogens is 1. The third kappa shape index (κ3) is 3.33. The third-order valence-corrected chi connectivity index (χ3v) is 18.2. The Bertz CT molecular complexity index is 647. The van der Waals surface area contributed by atoms with Gasteiger partial charge in [0.15, 0.2) is 0 Å². The molecule has 3 rings (SSSR count). The SMILES string of the molecule is C[CH2][Ge]([CH2]C)([CH2]C)[c]1cc(-c2ccccc2)ncc1C1CCCC1. The molecule has 1 aromatic heterocycles. The van der Waals surface area contributed by atoms with Crippen molar-refractivity contribution >= 4 is 17.7 Å². The van der Waals surface area contributed by atoms with Crippen molar-refractivity contribution in [2.24, 2.45) is 0 Å². The Hall–Kier alpha value is -1.09. The maximum absolute atomic E-state index is 4.90. The molecule has 0 bridgehead atoms. The molecule has 0 N–H and O–H groups in total. The molecule has 2 aromatic rings. The summed E-state index contributed by atoms with van der Waals surface area (Å²) in [6, 6.07) is 13.2. The van der Waals surface area contributed by atoms with Gasteiger partial charge in [-0.1, -0.05) is 0 Å². The summed E-state index contributed by atoms with van der Waals surface area (Å²) in [5, 5.41) is 4.18. The van der Waals surface area contributed by atoms with E-state index in [1.807, 2.05) is 0 Å². The van der Waals surface area contributed by atoms with Crippen molar-refractivity contribution < 1.29 is 0 Å². The van der Waals surface area contributed by atoms with Crippen LogP contribution < -0.4 is 4.40 Å². The summed E-state index contributed by atoms with van der Waals surface area (Å²) in [6.45, 7) is 7.32. The zero-order chi connectivity index (χ0) is 17.0. The fourth-order valence-corrected chi connectivity index (χ4v) is 12.9. The summed E-state index contributed by atoms with van der Waals surface area (Å²) in [4.78, 5) is 4.90. The summed E-state index contributed by atoms with van der Waals surface area (Å²) in [7, 11) is 0. The Kier molecular flexibility index (Phi) is 5.81. The standard InChI is InChI=1S/C22H31GeN/c1-4-23(5-2,6-3)21-16-22(19-14-8-7-9-15-19)24-17-20(21)18-12-10-11-13-18/h7-9,14-18H,4-6,10-13H2,1-3H3. The Labute approximate surface area is 150 Å². The first-order valence-electron chi connectivity index (χ1n) is 9.80. The summed E-state index contributed by atoms with van der Waals surface area (Å²) < 4.78 is 1.77. The molecule has 24 heavy (non-hydrogen) atoms. The molecular formula is C22H31GeN. The molecule has 1 nitrogen and oxygen atoms in total. The summed E-state index contributed by atoms with van der Waals surface area (Å²) in [5.41, 5.74) is 4.06. The molecule has 0 spiro atoms. The van der Waals surface area contributed by atoms with Crippen LogP contribution in [0.25, 0.3) is 11.3 Å². The average Bonchev–Trinajstić information content (AvgIpc) is 3.19. The van der Waals surface area contributed by atoms with Crippen LogP contribution in [-0.2, 0) is 0 Å². The van der Waals surface area contributed by atoms with Crippen molar-refractivity contribution in [2.75, 3.05) is 0 Å². The number of benzene rings is 1. The van der Waals surface area contributed by atoms with Crippen LogP contribution in [0.5, 0.6) is 0 Å². The quantitative estimate of drug-likeness (QED) is 0.549. The first kappa shape index (κ1) is 17.7. The van der Waals surface area contributed by atoms with Gasteiger partial charge in [0.1, 0.15) is 0 Å². The predicted molar refractivity (Wildman–Crippen MR) is 108 cm³/mol. The second kappa shape index (κ2) is 7.86. The maximum atomic E-state index is 4.90. The van der Waals surface area contributed by atoms with Gasteiger partial charge in [0.25, 0.3) is 0 Å². The third-order valence-electron chi connectivity index (χ3n) is 6.40. The van der Waals surface area contributed by atoms with E-state index >= 15 is 0 Å². The number of hydrogen-bond acceptors (Lipinski definition) is 1. The van der Waals surface area contributed by atoms with Gasteiger partial charge >= 0.3 is 150 Å². The van der Waals surface area contributed by atoms with Crippen LogP contribution in [0.3, 0.4) is 0 Å². The summed E-state index contributed by atoms with van der Waals surface area (Å²) in [5.74, 6) is 0.770. The first-order valence-corrected chi connectivity index (χ1v) is 15.3. The van der Waals surface area contributed by atoms with E-state index in [0.29, 0.717) is 0 Å². The van der Waals surface area contributed by atoms with Crippen LogP contribution in [0, 0.1) is 0 Å². The Morgan fingerprint density at radius 1 is 0.958 bits per heavy atom. The fraction of sp³-hybridized carbons (Fsp3) is 0.500. The van der Waals surface area contributed by atoms with Crippen molar-refractivity contribution in [3.05, 3.63) is 48.2 Å². The normalized spacial score (nSPS) is 15.8. The van der Waals surface area contributed by atoms with Crippen molar-refractivity contribution in [3.63, 3.8) is 0 Å². The number of rotatable bonds is 6. The van der Waals surface area contributed by atoms with Crippen molar-refractivity contribution in [3.8, 4) is 11.3 Å². The molecule has 1 aliphatic carbocycles. The minimum atomic E-state index is -2.01. The van der Waals surface area contributed by atoms with Crippen LogP contribution >= 0.6 is 0 Å². The fourth-order valence-electron chi connectivity index (χ4n) is 4.58. The van der Waals surface area contributed by atoms with E-state index in [2.05, 4.69) is 63.4 Å². The molecule has 0 aliphatic heterocycles. The van der Waals surface area contributed by atoms with Gasteiger partial charge in [0, 0.05) is 0 Å². The van der Waals surface area contributed by atoms with Gasteiger partial charge in [-0.3, -0.25) is 0 Å². The predicted octanol–water partition coefficient (Wildman–Crippen LogP) is 6.12. The van der Waals surface area contributed by atoms with E-state index < -0.39 is 13.3 Å². The number of nitrogens with zero attached hydrogens (tertiary/aromatic N) is 1. The Morgan fingerprint density at radius 3 is 2.17 bits per heavy atom. The van der Waals surface area contributed by atoms with Gasteiger partial charge in [0.05, 0.1) is 0 Å². The van der Waals surface area contributed by atoms with E-state index in [-0.39, 0.29) is 0 Å². The van der Waals surface area contributed by atoms with E-state index in [4.69, 9.17) is 4.98 Å². The zero-order valence-electron chi connectivity index (χ0n) is 15.5. The first-order chi connectivity index (χ1) is 11.7. The van der Waals surface area contributed by atoms with Gasteiger partial charge < -0.3 is 0 Å². The van der Waals surface area contributed by atoms with E-state index in [0.717, 1.165) is 5.92 Å². The van der Waals surface area contributed by atoms with Gasteiger partial charge in [-0.2, -0.15) is 0 Å². The second-order valence-corrected chi connectivity index (χ2v) is 18.3. The monoisotopic (exact) mass is 383 g/mol. The molecular weight excluding hydrogens is 351 g/mol. The summed E-state index contributed by atoms with van der Waals surface area (Å²) in [6.07, 6.45) is 7.79. The van der Waals surface area contributed by atoms with Crippen LogP contribution in [-0.4, -0.2) is 18.3 Å². The molecule has 1 aromatic carbocycles. The molecule has 1 fully saturated rings. The average molecular weight is 382 g/mol. The molecule has 0 radical (unpaired) electrons. The van der Waals surface area contributed by atoms with Gasteiger partial charge in [-0.05, 0) is 0 Å². The second-order valence-electron chi connectivity index (χ2n) is 7.35. The molecule has 1 heterocycles. The molecule has 0 atom stereocenters. The molecule has 0 amide bonds. The molecule has 0 saturated heterocycles. The topological polar surface area (TPSA) is 12.9 Å². The molecule has 1 aliphatic rings. The van der Waals surface area contributed by atoms with Crippen LogP contribution in [0.1, 0.15) is 57.9 Å². The van der Waals surface area contributed by atoms with Crippen LogP contribution in [0.4, 0.5) is 0 Å². The van der Waals surface area contributed by atoms with E-state index in [9.17, 15) is 0 Å². The van der Waals surface area contributed by atoms with Crippen molar-refractivity contribution in [1.82, 2.24) is 4.98 Å². The molecule has 1 saturated carbocycles. The molecule has 2 heteroatoms. The van der Waals surface area contributed by atoms with Crippen molar-refractivity contribution in [1.29, 1.82) is 0 Å². The van der Waals surface area contributed by atoms with Gasteiger partial charge in [0.2, 0.25) is 0 Å². The number of hydrogen-bond donors (Lipinski definition) is 0. The zero-order valence-corrected chi connectivity index (χ0v) is 17.6. The minimum absolute atomic E-state index is 0.770.